The van der Waals surface area contributed by atoms with Crippen LogP contribution >= 0.6 is 22.9 Å². The lowest BCUT2D eigenvalue weighted by atomic mass is 9.88. The summed E-state index contributed by atoms with van der Waals surface area (Å²) in [7, 11) is 0. The molecule has 0 bridgehead atoms. The molecule has 0 aliphatic heterocycles. The summed E-state index contributed by atoms with van der Waals surface area (Å²) in [6, 6.07) is 15.5. The zero-order valence-electron chi connectivity index (χ0n) is 15.1. The highest BCUT2D eigenvalue weighted by Crippen LogP contribution is 2.46. The predicted octanol–water partition coefficient (Wildman–Crippen LogP) is 6.16. The van der Waals surface area contributed by atoms with E-state index in [4.69, 9.17) is 11.6 Å². The van der Waals surface area contributed by atoms with Gasteiger partial charge in [-0.25, -0.2) is 0 Å². The first-order chi connectivity index (χ1) is 13.6. The number of hydrogen-bond acceptors (Lipinski definition) is 3. The van der Waals surface area contributed by atoms with Gasteiger partial charge in [-0.05, 0) is 48.4 Å². The van der Waals surface area contributed by atoms with Crippen molar-refractivity contribution < 1.29 is 5.11 Å². The Morgan fingerprint density at radius 1 is 1.00 bits per heavy atom. The summed E-state index contributed by atoms with van der Waals surface area (Å²) < 4.78 is 0.571. The molecule has 0 radical (unpaired) electrons. The smallest absolute Gasteiger partial charge is 0.256 e. The van der Waals surface area contributed by atoms with Gasteiger partial charge in [0.1, 0.15) is 14.9 Å². The van der Waals surface area contributed by atoms with Crippen LogP contribution in [0.1, 0.15) is 24.0 Å². The van der Waals surface area contributed by atoms with E-state index < -0.39 is 0 Å². The van der Waals surface area contributed by atoms with E-state index in [0.29, 0.717) is 15.6 Å². The van der Waals surface area contributed by atoms with Crippen molar-refractivity contribution in [3.05, 3.63) is 74.3 Å². The van der Waals surface area contributed by atoms with Crippen LogP contribution in [0.3, 0.4) is 0 Å². The van der Waals surface area contributed by atoms with Gasteiger partial charge in [-0.2, -0.15) is 0 Å². The second-order valence-electron chi connectivity index (χ2n) is 7.18. The molecule has 0 saturated carbocycles. The van der Waals surface area contributed by atoms with E-state index >= 15 is 0 Å². The average Bonchev–Trinajstić information content (AvgIpc) is 3.03. The molecule has 2 N–H and O–H groups in total. The number of aryl methyl sites for hydroxylation is 1. The van der Waals surface area contributed by atoms with Crippen molar-refractivity contribution in [3.8, 4) is 28.0 Å². The summed E-state index contributed by atoms with van der Waals surface area (Å²) >= 11 is 7.93. The van der Waals surface area contributed by atoms with E-state index in [1.54, 1.807) is 0 Å². The summed E-state index contributed by atoms with van der Waals surface area (Å²) in [4.78, 5) is 16.3. The Bertz CT molecular complexity index is 1260. The summed E-state index contributed by atoms with van der Waals surface area (Å²) in [5.74, 6) is 0.325. The molecule has 0 spiro atoms. The highest BCUT2D eigenvalue weighted by molar-refractivity contribution is 7.23. The predicted molar refractivity (Wildman–Crippen MR) is 117 cm³/mol. The number of nitrogens with one attached hydrogen (secondary N) is 1. The van der Waals surface area contributed by atoms with Gasteiger partial charge in [0.2, 0.25) is 0 Å². The monoisotopic (exact) mass is 407 g/mol. The highest BCUT2D eigenvalue weighted by atomic mass is 35.5. The molecule has 140 valence electrons. The van der Waals surface area contributed by atoms with Gasteiger partial charge in [0, 0.05) is 22.1 Å². The average molecular weight is 408 g/mol. The number of aromatic hydroxyl groups is 1. The first-order valence-corrected chi connectivity index (χ1v) is 10.6. The van der Waals surface area contributed by atoms with Gasteiger partial charge in [0.05, 0.1) is 0 Å². The molecule has 1 aliphatic carbocycles. The van der Waals surface area contributed by atoms with E-state index in [1.807, 2.05) is 42.5 Å². The van der Waals surface area contributed by atoms with Crippen LogP contribution in [0.15, 0.2) is 53.3 Å². The summed E-state index contributed by atoms with van der Waals surface area (Å²) in [6.45, 7) is 0. The Labute approximate surface area is 171 Å². The standard InChI is InChI=1S/C23H18ClNO2S/c24-21-19(16-11-10-14-8-4-5-9-15(14)20(16)26)18-12-17(13-6-2-1-3-7-13)22(27)25-23(18)28-21/h1-3,6-7,10-12,26H,4-5,8-9H2,(H,25,27). The minimum absolute atomic E-state index is 0.141. The summed E-state index contributed by atoms with van der Waals surface area (Å²) in [5.41, 5.74) is 5.10. The lowest BCUT2D eigenvalue weighted by Crippen LogP contribution is -2.07. The van der Waals surface area contributed by atoms with Crippen LogP contribution in [0.4, 0.5) is 0 Å². The van der Waals surface area contributed by atoms with Gasteiger partial charge in [-0.3, -0.25) is 4.79 Å². The van der Waals surface area contributed by atoms with Crippen molar-refractivity contribution in [3.63, 3.8) is 0 Å². The van der Waals surface area contributed by atoms with Crippen molar-refractivity contribution >= 4 is 33.2 Å². The molecule has 0 saturated heterocycles. The number of H-pyrrole nitrogens is 1. The van der Waals surface area contributed by atoms with Crippen LogP contribution in [0.2, 0.25) is 4.34 Å². The lowest BCUT2D eigenvalue weighted by molar-refractivity contribution is 0.464. The van der Waals surface area contributed by atoms with Gasteiger partial charge >= 0.3 is 0 Å². The maximum atomic E-state index is 12.6. The highest BCUT2D eigenvalue weighted by Gasteiger charge is 2.22. The quantitative estimate of drug-likeness (QED) is 0.418. The van der Waals surface area contributed by atoms with Crippen LogP contribution in [0.5, 0.6) is 5.75 Å². The molecule has 0 unspecified atom stereocenters. The Hall–Kier alpha value is -2.56. The van der Waals surface area contributed by atoms with Crippen molar-refractivity contribution in [1.29, 1.82) is 0 Å². The SMILES string of the molecule is O=c1[nH]c2sc(Cl)c(-c3ccc4c(c3O)CCCC4)c2cc1-c1ccccc1. The van der Waals surface area contributed by atoms with E-state index in [1.165, 1.54) is 16.9 Å². The fourth-order valence-corrected chi connectivity index (χ4v) is 5.47. The Balaban J connectivity index is 1.77. The molecule has 2 aromatic heterocycles. The number of fused-ring (bicyclic) bond motifs is 2. The van der Waals surface area contributed by atoms with Crippen molar-refractivity contribution in [2.75, 3.05) is 0 Å². The van der Waals surface area contributed by atoms with E-state index in [9.17, 15) is 9.90 Å². The first kappa shape index (κ1) is 17.5. The zero-order valence-corrected chi connectivity index (χ0v) is 16.7. The molecule has 5 heteroatoms. The third-order valence-corrected chi connectivity index (χ3v) is 6.85. The molecule has 3 nitrogen and oxygen atoms in total. The van der Waals surface area contributed by atoms with Gasteiger partial charge < -0.3 is 10.1 Å². The number of aromatic amines is 1. The molecule has 2 aromatic carbocycles. The number of rotatable bonds is 2. The number of thiophene rings is 1. The van der Waals surface area contributed by atoms with Crippen molar-refractivity contribution in [2.24, 2.45) is 0 Å². The van der Waals surface area contributed by atoms with Gasteiger partial charge in [-0.1, -0.05) is 54.1 Å². The fourth-order valence-electron chi connectivity index (χ4n) is 4.12. The van der Waals surface area contributed by atoms with Crippen LogP contribution in [0, 0.1) is 0 Å². The van der Waals surface area contributed by atoms with E-state index in [2.05, 4.69) is 11.1 Å². The normalized spacial score (nSPS) is 13.6. The van der Waals surface area contributed by atoms with E-state index in [-0.39, 0.29) is 5.56 Å². The number of aromatic nitrogens is 1. The van der Waals surface area contributed by atoms with Crippen LogP contribution in [-0.2, 0) is 12.8 Å². The summed E-state index contributed by atoms with van der Waals surface area (Å²) in [5, 5.41) is 11.9. The fraction of sp³-hybridized carbons (Fsp3) is 0.174. The van der Waals surface area contributed by atoms with Crippen molar-refractivity contribution in [2.45, 2.75) is 25.7 Å². The minimum atomic E-state index is -0.141. The second kappa shape index (κ2) is 6.80. The first-order valence-electron chi connectivity index (χ1n) is 9.38. The Morgan fingerprint density at radius 2 is 1.79 bits per heavy atom. The summed E-state index contributed by atoms with van der Waals surface area (Å²) in [6.07, 6.45) is 4.15. The van der Waals surface area contributed by atoms with Crippen LogP contribution in [0.25, 0.3) is 32.5 Å². The molecule has 4 aromatic rings. The Morgan fingerprint density at radius 3 is 2.61 bits per heavy atom. The minimum Gasteiger partial charge on any atom is -0.507 e. The molecule has 0 amide bonds. The molecule has 28 heavy (non-hydrogen) atoms. The maximum Gasteiger partial charge on any atom is 0.256 e. The topological polar surface area (TPSA) is 53.1 Å². The number of phenolic OH excluding ortho intramolecular Hbond substituents is 1. The number of phenols is 1. The number of halogens is 1. The molecular weight excluding hydrogens is 390 g/mol. The molecule has 1 aliphatic rings. The molecule has 0 atom stereocenters. The zero-order chi connectivity index (χ0) is 19.3. The molecular formula is C23H18ClNO2S. The largest absolute Gasteiger partial charge is 0.507 e. The van der Waals surface area contributed by atoms with Gasteiger partial charge in [0.25, 0.3) is 5.56 Å². The number of benzene rings is 2. The van der Waals surface area contributed by atoms with E-state index in [0.717, 1.165) is 58.2 Å². The lowest BCUT2D eigenvalue weighted by Gasteiger charge is -2.19. The number of pyridine rings is 1. The van der Waals surface area contributed by atoms with Crippen molar-refractivity contribution in [1.82, 2.24) is 4.98 Å². The van der Waals surface area contributed by atoms with Gasteiger partial charge in [-0.15, -0.1) is 11.3 Å². The third-order valence-electron chi connectivity index (χ3n) is 5.52. The van der Waals surface area contributed by atoms with Crippen LogP contribution in [-0.4, -0.2) is 10.1 Å². The number of hydrogen-bond donors (Lipinski definition) is 2. The maximum absolute atomic E-state index is 12.6. The molecule has 5 rings (SSSR count). The van der Waals surface area contributed by atoms with Gasteiger partial charge in [0.15, 0.2) is 0 Å². The Kier molecular flexibility index (Phi) is 4.26. The second-order valence-corrected chi connectivity index (χ2v) is 8.80. The molecule has 0 fully saturated rings. The third kappa shape index (κ3) is 2.76. The van der Waals surface area contributed by atoms with Crippen LogP contribution < -0.4 is 5.56 Å². The molecule has 2 heterocycles.